The Hall–Kier alpha value is -2.03. The number of aryl methyl sites for hydroxylation is 1. The summed E-state index contributed by atoms with van der Waals surface area (Å²) in [6.45, 7) is 2.08. The Balaban J connectivity index is 2.39. The van der Waals surface area contributed by atoms with Crippen molar-refractivity contribution in [1.29, 1.82) is 0 Å². The van der Waals surface area contributed by atoms with Gasteiger partial charge in [-0.1, -0.05) is 18.2 Å². The van der Waals surface area contributed by atoms with Gasteiger partial charge in [0.2, 0.25) is 0 Å². The predicted molar refractivity (Wildman–Crippen MR) is 60.6 cm³/mol. The van der Waals surface area contributed by atoms with Crippen molar-refractivity contribution < 1.29 is 0 Å². The van der Waals surface area contributed by atoms with Gasteiger partial charge in [0.15, 0.2) is 0 Å². The summed E-state index contributed by atoms with van der Waals surface area (Å²) >= 11 is 0. The fourth-order valence-corrected chi connectivity index (χ4v) is 2.02. The van der Waals surface area contributed by atoms with Crippen LogP contribution in [-0.2, 0) is 0 Å². The zero-order valence-corrected chi connectivity index (χ0v) is 8.41. The monoisotopic (exact) mass is 197 g/mol. The number of fused-ring (bicyclic) bond motifs is 1. The molecule has 15 heavy (non-hydrogen) atoms. The van der Waals surface area contributed by atoms with Crippen molar-refractivity contribution in [2.24, 2.45) is 0 Å². The maximum absolute atomic E-state index is 4.06. The average Bonchev–Trinajstić information content (AvgIpc) is 2.82. The SMILES string of the molecule is Cc1[nH]c2ccccc2c1-c1cnc[nH]1. The quantitative estimate of drug-likeness (QED) is 0.619. The summed E-state index contributed by atoms with van der Waals surface area (Å²) in [7, 11) is 0. The molecule has 0 bridgehead atoms. The molecule has 74 valence electrons. The van der Waals surface area contributed by atoms with Crippen LogP contribution in [0.1, 0.15) is 5.69 Å². The van der Waals surface area contributed by atoms with E-state index in [1.54, 1.807) is 6.33 Å². The molecule has 0 unspecified atom stereocenters. The van der Waals surface area contributed by atoms with Crippen molar-refractivity contribution in [2.75, 3.05) is 0 Å². The van der Waals surface area contributed by atoms with E-state index in [1.807, 2.05) is 12.3 Å². The van der Waals surface area contributed by atoms with Gasteiger partial charge < -0.3 is 9.97 Å². The third-order valence-electron chi connectivity index (χ3n) is 2.66. The topological polar surface area (TPSA) is 44.5 Å². The number of hydrogen-bond donors (Lipinski definition) is 2. The lowest BCUT2D eigenvalue weighted by Crippen LogP contribution is -1.78. The van der Waals surface area contributed by atoms with Crippen LogP contribution in [0, 0.1) is 6.92 Å². The number of para-hydroxylation sites is 1. The highest BCUT2D eigenvalue weighted by molar-refractivity contribution is 5.96. The van der Waals surface area contributed by atoms with Crippen LogP contribution in [0.4, 0.5) is 0 Å². The summed E-state index contributed by atoms with van der Waals surface area (Å²) in [5.41, 5.74) is 4.60. The van der Waals surface area contributed by atoms with Gasteiger partial charge in [0.05, 0.1) is 18.2 Å². The zero-order valence-electron chi connectivity index (χ0n) is 8.41. The standard InChI is InChI=1S/C12H11N3/c1-8-12(11-6-13-7-14-11)9-4-2-3-5-10(9)15-8/h2-7,15H,1H3,(H,13,14). The number of aromatic nitrogens is 3. The van der Waals surface area contributed by atoms with Crippen LogP contribution < -0.4 is 0 Å². The lowest BCUT2D eigenvalue weighted by molar-refractivity contribution is 1.28. The lowest BCUT2D eigenvalue weighted by Gasteiger charge is -1.96. The Kier molecular flexibility index (Phi) is 1.65. The summed E-state index contributed by atoms with van der Waals surface area (Å²) in [4.78, 5) is 10.6. The van der Waals surface area contributed by atoms with Gasteiger partial charge in [0, 0.05) is 22.2 Å². The summed E-state index contributed by atoms with van der Waals surface area (Å²) in [6, 6.07) is 8.29. The van der Waals surface area contributed by atoms with Crippen molar-refractivity contribution in [3.8, 4) is 11.3 Å². The molecule has 0 saturated carbocycles. The molecule has 3 rings (SSSR count). The number of rotatable bonds is 1. The molecular formula is C12H11N3. The zero-order chi connectivity index (χ0) is 10.3. The van der Waals surface area contributed by atoms with Crippen LogP contribution in [0.5, 0.6) is 0 Å². The van der Waals surface area contributed by atoms with Gasteiger partial charge in [-0.15, -0.1) is 0 Å². The average molecular weight is 197 g/mol. The van der Waals surface area contributed by atoms with Crippen LogP contribution in [0.25, 0.3) is 22.2 Å². The van der Waals surface area contributed by atoms with Gasteiger partial charge in [-0.25, -0.2) is 4.98 Å². The summed E-state index contributed by atoms with van der Waals surface area (Å²) in [5, 5.41) is 1.24. The van der Waals surface area contributed by atoms with Crippen molar-refractivity contribution >= 4 is 10.9 Å². The van der Waals surface area contributed by atoms with E-state index in [1.165, 1.54) is 22.2 Å². The molecule has 0 radical (unpaired) electrons. The largest absolute Gasteiger partial charge is 0.358 e. The molecular weight excluding hydrogens is 186 g/mol. The first kappa shape index (κ1) is 8.29. The van der Waals surface area contributed by atoms with Crippen molar-refractivity contribution in [3.63, 3.8) is 0 Å². The summed E-state index contributed by atoms with van der Waals surface area (Å²) in [5.74, 6) is 0. The molecule has 3 aromatic rings. The highest BCUT2D eigenvalue weighted by atomic mass is 14.9. The lowest BCUT2D eigenvalue weighted by atomic mass is 10.1. The molecule has 3 heteroatoms. The maximum atomic E-state index is 4.06. The number of nitrogens with one attached hydrogen (secondary N) is 2. The van der Waals surface area contributed by atoms with Gasteiger partial charge in [-0.05, 0) is 13.0 Å². The second kappa shape index (κ2) is 2.98. The van der Waals surface area contributed by atoms with E-state index in [9.17, 15) is 0 Å². The third kappa shape index (κ3) is 1.16. The van der Waals surface area contributed by atoms with E-state index >= 15 is 0 Å². The second-order valence-corrected chi connectivity index (χ2v) is 3.64. The van der Waals surface area contributed by atoms with E-state index in [0.717, 1.165) is 5.69 Å². The Morgan fingerprint density at radius 3 is 2.87 bits per heavy atom. The molecule has 0 saturated heterocycles. The maximum Gasteiger partial charge on any atom is 0.0924 e. The molecule has 3 nitrogen and oxygen atoms in total. The predicted octanol–water partition coefficient (Wildman–Crippen LogP) is 2.87. The Morgan fingerprint density at radius 2 is 2.07 bits per heavy atom. The summed E-state index contributed by atoms with van der Waals surface area (Å²) in [6.07, 6.45) is 3.55. The fraction of sp³-hybridized carbons (Fsp3) is 0.0833. The normalized spacial score (nSPS) is 11.0. The Morgan fingerprint density at radius 1 is 1.20 bits per heavy atom. The molecule has 0 spiro atoms. The second-order valence-electron chi connectivity index (χ2n) is 3.64. The van der Waals surface area contributed by atoms with E-state index in [4.69, 9.17) is 0 Å². The van der Waals surface area contributed by atoms with Crippen LogP contribution in [0.2, 0.25) is 0 Å². The summed E-state index contributed by atoms with van der Waals surface area (Å²) < 4.78 is 0. The van der Waals surface area contributed by atoms with Crippen LogP contribution >= 0.6 is 0 Å². The van der Waals surface area contributed by atoms with Gasteiger partial charge >= 0.3 is 0 Å². The molecule has 2 N–H and O–H groups in total. The Labute approximate surface area is 87.2 Å². The minimum Gasteiger partial charge on any atom is -0.358 e. The van der Waals surface area contributed by atoms with Gasteiger partial charge in [-0.2, -0.15) is 0 Å². The number of hydrogen-bond acceptors (Lipinski definition) is 1. The minimum absolute atomic E-state index is 1.06. The molecule has 0 aliphatic rings. The molecule has 0 aliphatic heterocycles. The Bertz CT molecular complexity index is 590. The molecule has 0 atom stereocenters. The van der Waals surface area contributed by atoms with Crippen LogP contribution in [-0.4, -0.2) is 15.0 Å². The van der Waals surface area contributed by atoms with E-state index in [2.05, 4.69) is 40.1 Å². The minimum atomic E-state index is 1.06. The number of nitrogens with zero attached hydrogens (tertiary/aromatic N) is 1. The first-order valence-electron chi connectivity index (χ1n) is 4.92. The number of benzene rings is 1. The number of H-pyrrole nitrogens is 2. The van der Waals surface area contributed by atoms with Crippen LogP contribution in [0.3, 0.4) is 0 Å². The van der Waals surface area contributed by atoms with E-state index in [-0.39, 0.29) is 0 Å². The highest BCUT2D eigenvalue weighted by Crippen LogP contribution is 2.29. The van der Waals surface area contributed by atoms with Gasteiger partial charge in [-0.3, -0.25) is 0 Å². The first-order chi connectivity index (χ1) is 7.36. The molecule has 2 heterocycles. The van der Waals surface area contributed by atoms with Gasteiger partial charge in [0.1, 0.15) is 0 Å². The molecule has 0 aliphatic carbocycles. The third-order valence-corrected chi connectivity index (χ3v) is 2.66. The highest BCUT2D eigenvalue weighted by Gasteiger charge is 2.10. The number of aromatic amines is 2. The van der Waals surface area contributed by atoms with Gasteiger partial charge in [0.25, 0.3) is 0 Å². The fourth-order valence-electron chi connectivity index (χ4n) is 2.02. The molecule has 1 aromatic carbocycles. The number of imidazole rings is 1. The molecule has 2 aromatic heterocycles. The van der Waals surface area contributed by atoms with Crippen molar-refractivity contribution in [1.82, 2.24) is 15.0 Å². The van der Waals surface area contributed by atoms with Crippen molar-refractivity contribution in [2.45, 2.75) is 6.92 Å². The van der Waals surface area contributed by atoms with Crippen molar-refractivity contribution in [3.05, 3.63) is 42.5 Å². The van der Waals surface area contributed by atoms with Crippen LogP contribution in [0.15, 0.2) is 36.8 Å². The smallest absolute Gasteiger partial charge is 0.0924 e. The molecule has 0 fully saturated rings. The van der Waals surface area contributed by atoms with E-state index < -0.39 is 0 Å². The molecule has 0 amide bonds. The van der Waals surface area contributed by atoms with E-state index in [0.29, 0.717) is 0 Å². The first-order valence-corrected chi connectivity index (χ1v) is 4.92.